The van der Waals surface area contributed by atoms with Crippen molar-refractivity contribution in [2.24, 2.45) is 0 Å². The molecule has 4 nitrogen and oxygen atoms in total. The molecule has 0 bridgehead atoms. The number of benzene rings is 2. The van der Waals surface area contributed by atoms with Crippen LogP contribution in [0.15, 0.2) is 47.4 Å². The summed E-state index contributed by atoms with van der Waals surface area (Å²) in [5.74, 6) is 0. The summed E-state index contributed by atoms with van der Waals surface area (Å²) in [5.41, 5.74) is 0.803. The third-order valence-corrected chi connectivity index (χ3v) is 4.74. The van der Waals surface area contributed by atoms with Gasteiger partial charge in [0.25, 0.3) is 10.0 Å². The molecule has 2 aromatic rings. The predicted octanol–water partition coefficient (Wildman–Crippen LogP) is 3.29. The van der Waals surface area contributed by atoms with E-state index in [1.807, 2.05) is 0 Å². The van der Waals surface area contributed by atoms with Crippen molar-refractivity contribution in [3.8, 4) is 0 Å². The fourth-order valence-electron chi connectivity index (χ4n) is 1.61. The number of para-hydroxylation sites is 1. The maximum atomic E-state index is 12.2. The fourth-order valence-corrected chi connectivity index (χ4v) is 3.09. The smallest absolute Gasteiger partial charge is 0.261 e. The van der Waals surface area contributed by atoms with Crippen LogP contribution >= 0.6 is 23.2 Å². The summed E-state index contributed by atoms with van der Waals surface area (Å²) in [6.45, 7) is -0.264. The van der Waals surface area contributed by atoms with Gasteiger partial charge in [-0.2, -0.15) is 0 Å². The second-order valence-electron chi connectivity index (χ2n) is 4.00. The Morgan fingerprint density at radius 3 is 2.40 bits per heavy atom. The third-order valence-electron chi connectivity index (χ3n) is 2.63. The molecule has 0 heterocycles. The summed E-state index contributed by atoms with van der Waals surface area (Å²) in [4.78, 5) is -0.000331. The zero-order valence-corrected chi connectivity index (χ0v) is 12.5. The Labute approximate surface area is 127 Å². The van der Waals surface area contributed by atoms with Crippen molar-refractivity contribution in [2.75, 3.05) is 4.72 Å². The predicted molar refractivity (Wildman–Crippen MR) is 79.6 cm³/mol. The molecule has 2 N–H and O–H groups in total. The van der Waals surface area contributed by atoms with E-state index in [-0.39, 0.29) is 21.5 Å². The minimum Gasteiger partial charge on any atom is -0.392 e. The van der Waals surface area contributed by atoms with Crippen molar-refractivity contribution in [1.82, 2.24) is 0 Å². The molecule has 0 fully saturated rings. The summed E-state index contributed by atoms with van der Waals surface area (Å²) in [7, 11) is -3.79. The van der Waals surface area contributed by atoms with Gasteiger partial charge in [0.15, 0.2) is 0 Å². The number of hydrogen-bond acceptors (Lipinski definition) is 3. The van der Waals surface area contributed by atoms with Gasteiger partial charge in [-0.25, -0.2) is 8.42 Å². The Bertz CT molecular complexity index is 732. The zero-order valence-electron chi connectivity index (χ0n) is 10.2. The van der Waals surface area contributed by atoms with Crippen LogP contribution in [0.4, 0.5) is 5.69 Å². The van der Waals surface area contributed by atoms with Crippen molar-refractivity contribution in [3.05, 3.63) is 58.1 Å². The topological polar surface area (TPSA) is 66.4 Å². The Kier molecular flexibility index (Phi) is 4.55. The van der Waals surface area contributed by atoms with Gasteiger partial charge in [-0.05, 0) is 24.3 Å². The summed E-state index contributed by atoms with van der Waals surface area (Å²) in [6, 6.07) is 10.6. The van der Waals surface area contributed by atoms with Gasteiger partial charge in [0.05, 0.1) is 27.2 Å². The fraction of sp³-hybridized carbons (Fsp3) is 0.0769. The second kappa shape index (κ2) is 6.01. The lowest BCUT2D eigenvalue weighted by molar-refractivity contribution is 0.282. The quantitative estimate of drug-likeness (QED) is 0.903. The maximum Gasteiger partial charge on any atom is 0.261 e. The molecule has 0 aromatic heterocycles. The van der Waals surface area contributed by atoms with Gasteiger partial charge in [-0.15, -0.1) is 0 Å². The van der Waals surface area contributed by atoms with Gasteiger partial charge in [-0.3, -0.25) is 4.72 Å². The molecule has 106 valence electrons. The number of hydrogen-bond donors (Lipinski definition) is 2. The summed E-state index contributed by atoms with van der Waals surface area (Å²) >= 11 is 11.6. The molecule has 20 heavy (non-hydrogen) atoms. The van der Waals surface area contributed by atoms with Crippen LogP contribution < -0.4 is 4.72 Å². The monoisotopic (exact) mass is 331 g/mol. The minimum absolute atomic E-state index is 0.000331. The number of halogens is 2. The molecule has 0 spiro atoms. The standard InChI is InChI=1S/C13H11Cl2NO3S/c14-11-6-5-10(7-12(11)15)20(18,19)16-13-4-2-1-3-9(13)8-17/h1-7,16-17H,8H2. The van der Waals surface area contributed by atoms with E-state index >= 15 is 0 Å². The van der Waals surface area contributed by atoms with Crippen LogP contribution in [0.5, 0.6) is 0 Å². The first-order valence-electron chi connectivity index (χ1n) is 5.60. The van der Waals surface area contributed by atoms with Gasteiger partial charge in [0.2, 0.25) is 0 Å². The number of anilines is 1. The van der Waals surface area contributed by atoms with E-state index in [0.29, 0.717) is 11.3 Å². The van der Waals surface area contributed by atoms with Crippen LogP contribution in [-0.2, 0) is 16.6 Å². The number of rotatable bonds is 4. The molecule has 7 heteroatoms. The average molecular weight is 332 g/mol. The highest BCUT2D eigenvalue weighted by atomic mass is 35.5. The van der Waals surface area contributed by atoms with Crippen LogP contribution in [0.1, 0.15) is 5.56 Å². The first kappa shape index (κ1) is 15.1. The minimum atomic E-state index is -3.79. The van der Waals surface area contributed by atoms with E-state index in [1.165, 1.54) is 18.2 Å². The summed E-state index contributed by atoms with van der Waals surface area (Å²) in [5, 5.41) is 9.63. The molecular formula is C13H11Cl2NO3S. The van der Waals surface area contributed by atoms with Crippen molar-refractivity contribution >= 4 is 38.9 Å². The van der Waals surface area contributed by atoms with Crippen molar-refractivity contribution in [1.29, 1.82) is 0 Å². The maximum absolute atomic E-state index is 12.2. The van der Waals surface area contributed by atoms with E-state index in [1.54, 1.807) is 24.3 Å². The average Bonchev–Trinajstić information content (AvgIpc) is 2.42. The Morgan fingerprint density at radius 1 is 1.05 bits per heavy atom. The molecule has 0 unspecified atom stereocenters. The molecule has 0 aliphatic heterocycles. The Hall–Kier alpha value is -1.27. The normalized spacial score (nSPS) is 11.3. The molecule has 0 radical (unpaired) electrons. The third kappa shape index (κ3) is 3.24. The van der Waals surface area contributed by atoms with E-state index in [0.717, 1.165) is 0 Å². The van der Waals surface area contributed by atoms with Crippen LogP contribution in [0.3, 0.4) is 0 Å². The highest BCUT2D eigenvalue weighted by molar-refractivity contribution is 7.92. The molecular weight excluding hydrogens is 321 g/mol. The van der Waals surface area contributed by atoms with E-state index in [2.05, 4.69) is 4.72 Å². The molecule has 2 rings (SSSR count). The summed E-state index contributed by atoms with van der Waals surface area (Å²) < 4.78 is 26.9. The number of aliphatic hydroxyl groups is 1. The largest absolute Gasteiger partial charge is 0.392 e. The first-order chi connectivity index (χ1) is 9.44. The molecule has 0 saturated carbocycles. The van der Waals surface area contributed by atoms with Gasteiger partial charge in [-0.1, -0.05) is 41.4 Å². The van der Waals surface area contributed by atoms with Gasteiger partial charge >= 0.3 is 0 Å². The van der Waals surface area contributed by atoms with Crippen LogP contribution in [-0.4, -0.2) is 13.5 Å². The lowest BCUT2D eigenvalue weighted by atomic mass is 10.2. The van der Waals surface area contributed by atoms with Crippen molar-refractivity contribution in [3.63, 3.8) is 0 Å². The highest BCUT2D eigenvalue weighted by Crippen LogP contribution is 2.26. The molecule has 0 atom stereocenters. The van der Waals surface area contributed by atoms with E-state index in [4.69, 9.17) is 23.2 Å². The van der Waals surface area contributed by atoms with Crippen LogP contribution in [0.25, 0.3) is 0 Å². The van der Waals surface area contributed by atoms with Crippen molar-refractivity contribution in [2.45, 2.75) is 11.5 Å². The second-order valence-corrected chi connectivity index (χ2v) is 6.49. The summed E-state index contributed by atoms with van der Waals surface area (Å²) in [6.07, 6.45) is 0. The molecule has 0 aliphatic carbocycles. The van der Waals surface area contributed by atoms with Gasteiger partial charge in [0, 0.05) is 5.56 Å². The molecule has 0 amide bonds. The Balaban J connectivity index is 2.38. The van der Waals surface area contributed by atoms with E-state index < -0.39 is 10.0 Å². The molecule has 0 saturated heterocycles. The number of sulfonamides is 1. The van der Waals surface area contributed by atoms with E-state index in [9.17, 15) is 13.5 Å². The number of nitrogens with one attached hydrogen (secondary N) is 1. The van der Waals surface area contributed by atoms with Gasteiger partial charge < -0.3 is 5.11 Å². The van der Waals surface area contributed by atoms with Crippen LogP contribution in [0, 0.1) is 0 Å². The lowest BCUT2D eigenvalue weighted by Gasteiger charge is -2.11. The molecule has 0 aliphatic rings. The van der Waals surface area contributed by atoms with Crippen molar-refractivity contribution < 1.29 is 13.5 Å². The highest BCUT2D eigenvalue weighted by Gasteiger charge is 2.16. The Morgan fingerprint density at radius 2 is 1.75 bits per heavy atom. The molecule has 2 aromatic carbocycles. The number of aliphatic hydroxyl groups excluding tert-OH is 1. The lowest BCUT2D eigenvalue weighted by Crippen LogP contribution is -2.14. The first-order valence-corrected chi connectivity index (χ1v) is 7.84. The van der Waals surface area contributed by atoms with Gasteiger partial charge in [0.1, 0.15) is 0 Å². The zero-order chi connectivity index (χ0) is 14.8. The van der Waals surface area contributed by atoms with Crippen LogP contribution in [0.2, 0.25) is 10.0 Å². The SMILES string of the molecule is O=S(=O)(Nc1ccccc1CO)c1ccc(Cl)c(Cl)c1.